The highest BCUT2D eigenvalue weighted by Gasteiger charge is 2.18. The Labute approximate surface area is 168 Å². The van der Waals surface area contributed by atoms with E-state index in [1.54, 1.807) is 12.1 Å². The molecule has 0 unspecified atom stereocenters. The first-order valence-corrected chi connectivity index (χ1v) is 8.50. The molecule has 0 bridgehead atoms. The number of benzene rings is 2. The standard InChI is InChI=1S/C19H16FN5O5/c20-11-3-5-12(6-4-11)22-19(29)25-18-15(16(21)28)23-17(24-18)10-1-7-13(8-2-10)30-9-14(26)27/h1-8H,9H2,(H2,21,28)(H,23,24)(H,26,27)(H2,22,25,29). The van der Waals surface area contributed by atoms with Crippen molar-refractivity contribution in [3.05, 3.63) is 60.0 Å². The van der Waals surface area contributed by atoms with Gasteiger partial charge in [0.2, 0.25) is 0 Å². The zero-order valence-corrected chi connectivity index (χ0v) is 15.3. The van der Waals surface area contributed by atoms with Crippen molar-refractivity contribution in [1.29, 1.82) is 0 Å². The van der Waals surface area contributed by atoms with Gasteiger partial charge in [-0.05, 0) is 48.5 Å². The number of primary amides is 1. The lowest BCUT2D eigenvalue weighted by Crippen LogP contribution is -2.22. The van der Waals surface area contributed by atoms with E-state index in [-0.39, 0.29) is 17.3 Å². The number of carboxylic acid groups (broad SMARTS) is 1. The average Bonchev–Trinajstić information content (AvgIpc) is 3.12. The molecular formula is C19H16FN5O5. The van der Waals surface area contributed by atoms with Crippen LogP contribution in [-0.2, 0) is 4.79 Å². The molecule has 3 aromatic rings. The number of aromatic nitrogens is 2. The van der Waals surface area contributed by atoms with Crippen molar-refractivity contribution in [2.24, 2.45) is 5.73 Å². The summed E-state index contributed by atoms with van der Waals surface area (Å²) < 4.78 is 18.0. The lowest BCUT2D eigenvalue weighted by atomic mass is 10.2. The molecule has 11 heteroatoms. The summed E-state index contributed by atoms with van der Waals surface area (Å²) in [5.74, 6) is -1.92. The molecule has 10 nitrogen and oxygen atoms in total. The van der Waals surface area contributed by atoms with Crippen LogP contribution in [0.15, 0.2) is 48.5 Å². The number of nitrogens with one attached hydrogen (secondary N) is 3. The molecule has 3 amide bonds. The molecule has 0 aliphatic carbocycles. The number of anilines is 2. The van der Waals surface area contributed by atoms with E-state index in [1.807, 2.05) is 0 Å². The smallest absolute Gasteiger partial charge is 0.341 e. The summed E-state index contributed by atoms with van der Waals surface area (Å²) >= 11 is 0. The van der Waals surface area contributed by atoms with Gasteiger partial charge in [0.1, 0.15) is 23.1 Å². The Morgan fingerprint density at radius 3 is 2.33 bits per heavy atom. The fourth-order valence-electron chi connectivity index (χ4n) is 2.44. The first-order chi connectivity index (χ1) is 14.3. The number of ether oxygens (including phenoxy) is 1. The van der Waals surface area contributed by atoms with Gasteiger partial charge >= 0.3 is 12.0 Å². The maximum Gasteiger partial charge on any atom is 0.341 e. The number of rotatable bonds is 7. The summed E-state index contributed by atoms with van der Waals surface area (Å²) in [5.41, 5.74) is 6.09. The number of hydrogen-bond acceptors (Lipinski definition) is 5. The molecule has 1 aromatic heterocycles. The summed E-state index contributed by atoms with van der Waals surface area (Å²) in [7, 11) is 0. The zero-order valence-electron chi connectivity index (χ0n) is 15.3. The Morgan fingerprint density at radius 1 is 1.07 bits per heavy atom. The van der Waals surface area contributed by atoms with Crippen LogP contribution in [0, 0.1) is 5.82 Å². The maximum atomic E-state index is 13.0. The molecular weight excluding hydrogens is 397 g/mol. The Balaban J connectivity index is 1.76. The van der Waals surface area contributed by atoms with Gasteiger partial charge in [-0.2, -0.15) is 0 Å². The molecule has 0 saturated carbocycles. The van der Waals surface area contributed by atoms with Crippen LogP contribution in [0.2, 0.25) is 0 Å². The fourth-order valence-corrected chi connectivity index (χ4v) is 2.44. The average molecular weight is 413 g/mol. The highest BCUT2D eigenvalue weighted by atomic mass is 19.1. The number of hydrogen-bond donors (Lipinski definition) is 5. The van der Waals surface area contributed by atoms with Crippen molar-refractivity contribution < 1.29 is 28.6 Å². The van der Waals surface area contributed by atoms with E-state index < -0.39 is 30.3 Å². The maximum absolute atomic E-state index is 13.0. The number of aromatic amines is 1. The van der Waals surface area contributed by atoms with Gasteiger partial charge in [-0.1, -0.05) is 0 Å². The first-order valence-electron chi connectivity index (χ1n) is 8.50. The number of carboxylic acids is 1. The Bertz CT molecular complexity index is 1080. The number of amides is 3. The second-order valence-electron chi connectivity index (χ2n) is 5.97. The molecule has 154 valence electrons. The molecule has 1 heterocycles. The minimum Gasteiger partial charge on any atom is -0.482 e. The number of H-pyrrole nitrogens is 1. The van der Waals surface area contributed by atoms with E-state index >= 15 is 0 Å². The SMILES string of the molecule is NC(=O)c1[nH]c(-c2ccc(OCC(=O)O)cc2)nc1NC(=O)Nc1ccc(F)cc1. The van der Waals surface area contributed by atoms with E-state index in [1.165, 1.54) is 36.4 Å². The van der Waals surface area contributed by atoms with Crippen LogP contribution in [0.3, 0.4) is 0 Å². The third kappa shape index (κ3) is 5.10. The quantitative estimate of drug-likeness (QED) is 0.400. The summed E-state index contributed by atoms with van der Waals surface area (Å²) in [6.45, 7) is -0.483. The third-order valence-electron chi connectivity index (χ3n) is 3.77. The van der Waals surface area contributed by atoms with Crippen LogP contribution in [0.1, 0.15) is 10.5 Å². The summed E-state index contributed by atoms with van der Waals surface area (Å²) in [4.78, 5) is 41.3. The molecule has 2 aromatic carbocycles. The molecule has 3 rings (SSSR count). The van der Waals surface area contributed by atoms with E-state index in [0.717, 1.165) is 0 Å². The summed E-state index contributed by atoms with van der Waals surface area (Å²) in [6.07, 6.45) is 0. The lowest BCUT2D eigenvalue weighted by molar-refractivity contribution is -0.139. The number of nitrogens with zero attached hydrogens (tertiary/aromatic N) is 1. The molecule has 30 heavy (non-hydrogen) atoms. The van der Waals surface area contributed by atoms with Crippen LogP contribution in [0.25, 0.3) is 11.4 Å². The molecule has 0 aliphatic heterocycles. The van der Waals surface area contributed by atoms with E-state index in [9.17, 15) is 18.8 Å². The van der Waals surface area contributed by atoms with Crippen molar-refractivity contribution in [2.75, 3.05) is 17.2 Å². The topological polar surface area (TPSA) is 159 Å². The predicted octanol–water partition coefficient (Wildman–Crippen LogP) is 2.42. The van der Waals surface area contributed by atoms with Gasteiger partial charge in [0, 0.05) is 11.3 Å². The summed E-state index contributed by atoms with van der Waals surface area (Å²) in [6, 6.07) is 10.6. The number of halogens is 1. The number of aliphatic carboxylic acids is 1. The van der Waals surface area contributed by atoms with Gasteiger partial charge < -0.3 is 25.9 Å². The zero-order chi connectivity index (χ0) is 21.7. The normalized spacial score (nSPS) is 10.3. The largest absolute Gasteiger partial charge is 0.482 e. The van der Waals surface area contributed by atoms with Crippen molar-refractivity contribution in [3.8, 4) is 17.1 Å². The molecule has 0 radical (unpaired) electrons. The Hall–Kier alpha value is -4.41. The van der Waals surface area contributed by atoms with Crippen LogP contribution in [-0.4, -0.2) is 39.6 Å². The van der Waals surface area contributed by atoms with Crippen molar-refractivity contribution >= 4 is 29.4 Å². The highest BCUT2D eigenvalue weighted by Crippen LogP contribution is 2.24. The number of carbonyl (C=O) groups is 3. The first kappa shape index (κ1) is 20.3. The number of urea groups is 1. The van der Waals surface area contributed by atoms with E-state index in [4.69, 9.17) is 15.6 Å². The van der Waals surface area contributed by atoms with E-state index in [2.05, 4.69) is 20.6 Å². The van der Waals surface area contributed by atoms with Gasteiger partial charge in [-0.15, -0.1) is 0 Å². The number of nitrogens with two attached hydrogens (primary N) is 1. The van der Waals surface area contributed by atoms with Gasteiger partial charge in [0.15, 0.2) is 12.4 Å². The second kappa shape index (κ2) is 8.73. The number of carbonyl (C=O) groups excluding carboxylic acids is 2. The van der Waals surface area contributed by atoms with Crippen molar-refractivity contribution in [1.82, 2.24) is 9.97 Å². The van der Waals surface area contributed by atoms with Gasteiger partial charge in [0.05, 0.1) is 0 Å². The van der Waals surface area contributed by atoms with Gasteiger partial charge in [-0.25, -0.2) is 19.0 Å². The van der Waals surface area contributed by atoms with Crippen LogP contribution >= 0.6 is 0 Å². The molecule has 0 saturated heterocycles. The van der Waals surface area contributed by atoms with Gasteiger partial charge in [0.25, 0.3) is 5.91 Å². The predicted molar refractivity (Wildman–Crippen MR) is 105 cm³/mol. The van der Waals surface area contributed by atoms with Crippen LogP contribution in [0.5, 0.6) is 5.75 Å². The Morgan fingerprint density at radius 2 is 1.73 bits per heavy atom. The second-order valence-corrected chi connectivity index (χ2v) is 5.97. The molecule has 0 aliphatic rings. The summed E-state index contributed by atoms with van der Waals surface area (Å²) in [5, 5.41) is 13.5. The minimum atomic E-state index is -1.11. The molecule has 0 fully saturated rings. The van der Waals surface area contributed by atoms with Gasteiger partial charge in [-0.3, -0.25) is 10.1 Å². The fraction of sp³-hybridized carbons (Fsp3) is 0.0526. The molecule has 0 spiro atoms. The molecule has 0 atom stereocenters. The van der Waals surface area contributed by atoms with Crippen molar-refractivity contribution in [3.63, 3.8) is 0 Å². The number of imidazole rings is 1. The lowest BCUT2D eigenvalue weighted by Gasteiger charge is -2.06. The van der Waals surface area contributed by atoms with E-state index in [0.29, 0.717) is 17.0 Å². The third-order valence-corrected chi connectivity index (χ3v) is 3.77. The van der Waals surface area contributed by atoms with Crippen molar-refractivity contribution in [2.45, 2.75) is 0 Å². The van der Waals surface area contributed by atoms with Crippen LogP contribution < -0.4 is 21.1 Å². The monoisotopic (exact) mass is 413 g/mol. The Kier molecular flexibility index (Phi) is 5.92. The highest BCUT2D eigenvalue weighted by molar-refractivity contribution is 6.04. The van der Waals surface area contributed by atoms with Crippen LogP contribution in [0.4, 0.5) is 20.7 Å². The molecule has 6 N–H and O–H groups in total. The minimum absolute atomic E-state index is 0.0942.